The van der Waals surface area contributed by atoms with Gasteiger partial charge in [0.15, 0.2) is 11.5 Å². The number of para-hydroxylation sites is 1. The van der Waals surface area contributed by atoms with Crippen molar-refractivity contribution < 1.29 is 28.9 Å². The molecule has 0 spiro atoms. The monoisotopic (exact) mass is 501 g/mol. The highest BCUT2D eigenvalue weighted by atomic mass is 16.5. The highest BCUT2D eigenvalue weighted by Gasteiger charge is 2.15. The number of carbonyl (C=O) groups excluding carboxylic acids is 1. The van der Waals surface area contributed by atoms with E-state index >= 15 is 0 Å². The van der Waals surface area contributed by atoms with Crippen molar-refractivity contribution in [3.8, 4) is 23.0 Å². The highest BCUT2D eigenvalue weighted by molar-refractivity contribution is 5.92. The molecule has 4 N–H and O–H groups in total. The Morgan fingerprint density at radius 2 is 1.76 bits per heavy atom. The molecule has 1 unspecified atom stereocenters. The number of pyridine rings is 1. The van der Waals surface area contributed by atoms with Crippen LogP contribution in [0.25, 0.3) is 10.9 Å². The van der Waals surface area contributed by atoms with Gasteiger partial charge in [0.25, 0.3) is 0 Å². The van der Waals surface area contributed by atoms with Gasteiger partial charge < -0.3 is 30.4 Å². The summed E-state index contributed by atoms with van der Waals surface area (Å²) in [5.74, 6) is 0.861. The summed E-state index contributed by atoms with van der Waals surface area (Å²) < 4.78 is 17.3. The molecule has 1 amide bonds. The first-order valence-corrected chi connectivity index (χ1v) is 11.6. The lowest BCUT2D eigenvalue weighted by Crippen LogP contribution is -2.31. The molecule has 3 aromatic carbocycles. The number of benzene rings is 3. The van der Waals surface area contributed by atoms with E-state index < -0.39 is 12.0 Å². The molecule has 190 valence electrons. The van der Waals surface area contributed by atoms with Gasteiger partial charge in [-0.15, -0.1) is 0 Å². The van der Waals surface area contributed by atoms with Crippen LogP contribution in [0.3, 0.4) is 0 Å². The van der Waals surface area contributed by atoms with Gasteiger partial charge in [-0.3, -0.25) is 14.6 Å². The number of rotatable bonds is 11. The van der Waals surface area contributed by atoms with Gasteiger partial charge in [0.2, 0.25) is 5.91 Å². The Morgan fingerprint density at radius 1 is 1.00 bits per heavy atom. The molecule has 0 fully saturated rings. The molecule has 0 aliphatic rings. The molecule has 9 nitrogen and oxygen atoms in total. The third-order valence-electron chi connectivity index (χ3n) is 5.56. The molecule has 1 aromatic heterocycles. The summed E-state index contributed by atoms with van der Waals surface area (Å²) in [6.07, 6.45) is 2.01. The Bertz CT molecular complexity index is 1380. The average Bonchev–Trinajstić information content (AvgIpc) is 2.90. The number of aromatic nitrogens is 1. The van der Waals surface area contributed by atoms with Crippen molar-refractivity contribution >= 4 is 28.5 Å². The first kappa shape index (κ1) is 25.5. The van der Waals surface area contributed by atoms with Gasteiger partial charge in [0.1, 0.15) is 17.5 Å². The van der Waals surface area contributed by atoms with Crippen LogP contribution in [0.15, 0.2) is 79.0 Å². The van der Waals surface area contributed by atoms with E-state index in [0.29, 0.717) is 33.9 Å². The van der Waals surface area contributed by atoms with Crippen molar-refractivity contribution in [3.05, 3.63) is 84.6 Å². The van der Waals surface area contributed by atoms with E-state index in [0.717, 1.165) is 11.3 Å². The largest absolute Gasteiger partial charge is 0.493 e. The lowest BCUT2D eigenvalue weighted by molar-refractivity contribution is -0.138. The second kappa shape index (κ2) is 11.9. The number of methoxy groups -OCH3 is 1. The molecule has 0 saturated carbocycles. The maximum atomic E-state index is 12.3. The van der Waals surface area contributed by atoms with E-state index in [4.69, 9.17) is 25.1 Å². The summed E-state index contributed by atoms with van der Waals surface area (Å²) in [5.41, 5.74) is 7.76. The first-order chi connectivity index (χ1) is 17.9. The second-order valence-corrected chi connectivity index (χ2v) is 8.25. The van der Waals surface area contributed by atoms with Gasteiger partial charge in [0.05, 0.1) is 25.7 Å². The van der Waals surface area contributed by atoms with Crippen LogP contribution in [0.4, 0.5) is 5.69 Å². The predicted octanol–water partition coefficient (Wildman–Crippen LogP) is 4.40. The van der Waals surface area contributed by atoms with Gasteiger partial charge in [-0.2, -0.15) is 0 Å². The summed E-state index contributed by atoms with van der Waals surface area (Å²) >= 11 is 0. The molecular formula is C28H27N3O6. The Kier molecular flexibility index (Phi) is 8.17. The third-order valence-corrected chi connectivity index (χ3v) is 5.56. The maximum Gasteiger partial charge on any atom is 0.320 e. The smallest absolute Gasteiger partial charge is 0.320 e. The van der Waals surface area contributed by atoms with E-state index in [2.05, 4.69) is 10.3 Å². The van der Waals surface area contributed by atoms with Crippen LogP contribution in [-0.2, 0) is 16.0 Å². The van der Waals surface area contributed by atoms with Crippen molar-refractivity contribution in [2.75, 3.05) is 19.0 Å². The van der Waals surface area contributed by atoms with E-state index in [1.165, 1.54) is 7.11 Å². The Hall–Kier alpha value is -4.63. The second-order valence-electron chi connectivity index (χ2n) is 8.25. The molecule has 0 saturated heterocycles. The number of ether oxygens (including phenoxy) is 3. The normalized spacial score (nSPS) is 11.5. The summed E-state index contributed by atoms with van der Waals surface area (Å²) in [6, 6.07) is 20.8. The van der Waals surface area contributed by atoms with Gasteiger partial charge in [-0.05, 0) is 42.0 Å². The zero-order chi connectivity index (χ0) is 26.2. The lowest BCUT2D eigenvalue weighted by Gasteiger charge is -2.14. The molecule has 0 radical (unpaired) electrons. The van der Waals surface area contributed by atoms with E-state index in [1.54, 1.807) is 36.5 Å². The van der Waals surface area contributed by atoms with Crippen molar-refractivity contribution in [3.63, 3.8) is 0 Å². The number of nitrogens with one attached hydrogen (secondary N) is 1. The minimum atomic E-state index is -1.08. The topological polar surface area (TPSA) is 133 Å². The van der Waals surface area contributed by atoms with Crippen molar-refractivity contribution in [1.82, 2.24) is 4.98 Å². The third kappa shape index (κ3) is 6.74. The van der Waals surface area contributed by atoms with Crippen LogP contribution in [0, 0.1) is 0 Å². The van der Waals surface area contributed by atoms with Crippen LogP contribution in [-0.4, -0.2) is 41.7 Å². The SMILES string of the molecule is COc1cc2c(Oc3ccc(CC(=O)Nc4ccccc4)cc3)ccnc2cc1OCCC(N)C(=O)O. The minimum absolute atomic E-state index is 0.102. The number of nitrogens with two attached hydrogens (primary N) is 1. The number of fused-ring (bicyclic) bond motifs is 1. The van der Waals surface area contributed by atoms with Crippen LogP contribution >= 0.6 is 0 Å². The molecule has 1 heterocycles. The molecule has 0 bridgehead atoms. The fourth-order valence-electron chi connectivity index (χ4n) is 3.62. The molecule has 9 heteroatoms. The number of hydrogen-bond donors (Lipinski definition) is 3. The number of hydrogen-bond acceptors (Lipinski definition) is 7. The lowest BCUT2D eigenvalue weighted by atomic mass is 10.1. The van der Waals surface area contributed by atoms with Gasteiger partial charge >= 0.3 is 5.97 Å². The van der Waals surface area contributed by atoms with Crippen LogP contribution in [0.5, 0.6) is 23.0 Å². The van der Waals surface area contributed by atoms with Gasteiger partial charge in [-0.1, -0.05) is 30.3 Å². The number of carboxylic acid groups (broad SMARTS) is 1. The molecule has 0 aliphatic carbocycles. The molecule has 4 rings (SSSR count). The zero-order valence-electron chi connectivity index (χ0n) is 20.2. The highest BCUT2D eigenvalue weighted by Crippen LogP contribution is 2.37. The zero-order valence-corrected chi connectivity index (χ0v) is 20.2. The van der Waals surface area contributed by atoms with Crippen molar-refractivity contribution in [2.24, 2.45) is 5.73 Å². The number of aliphatic carboxylic acids is 1. The van der Waals surface area contributed by atoms with Crippen LogP contribution in [0.1, 0.15) is 12.0 Å². The fourth-order valence-corrected chi connectivity index (χ4v) is 3.62. The fraction of sp³-hybridized carbons (Fsp3) is 0.179. The Balaban J connectivity index is 1.45. The number of carboxylic acids is 1. The predicted molar refractivity (Wildman–Crippen MR) is 139 cm³/mol. The van der Waals surface area contributed by atoms with E-state index in [-0.39, 0.29) is 25.4 Å². The maximum absolute atomic E-state index is 12.3. The van der Waals surface area contributed by atoms with Gasteiger partial charge in [-0.25, -0.2) is 0 Å². The molecule has 4 aromatic rings. The first-order valence-electron chi connectivity index (χ1n) is 11.6. The summed E-state index contributed by atoms with van der Waals surface area (Å²) in [4.78, 5) is 27.6. The summed E-state index contributed by atoms with van der Waals surface area (Å²) in [6.45, 7) is 0.112. The number of nitrogens with zero attached hydrogens (tertiary/aromatic N) is 1. The van der Waals surface area contributed by atoms with Crippen molar-refractivity contribution in [1.29, 1.82) is 0 Å². The van der Waals surface area contributed by atoms with Crippen LogP contribution in [0.2, 0.25) is 0 Å². The molecule has 1 atom stereocenters. The summed E-state index contributed by atoms with van der Waals surface area (Å²) in [5, 5.41) is 12.5. The number of anilines is 1. The molecule has 0 aliphatic heterocycles. The summed E-state index contributed by atoms with van der Waals surface area (Å²) in [7, 11) is 1.51. The average molecular weight is 502 g/mol. The van der Waals surface area contributed by atoms with E-state index in [9.17, 15) is 9.59 Å². The molecule has 37 heavy (non-hydrogen) atoms. The molecular weight excluding hydrogens is 474 g/mol. The number of carbonyl (C=O) groups is 2. The van der Waals surface area contributed by atoms with Crippen molar-refractivity contribution in [2.45, 2.75) is 18.9 Å². The number of amides is 1. The Morgan fingerprint density at radius 3 is 2.46 bits per heavy atom. The minimum Gasteiger partial charge on any atom is -0.493 e. The van der Waals surface area contributed by atoms with E-state index in [1.807, 2.05) is 42.5 Å². The standard InChI is InChI=1S/C28H27N3O6/c1-35-25-16-21-23(17-26(25)36-14-12-22(29)28(33)34)30-13-11-24(21)37-20-9-7-18(8-10-20)15-27(32)31-19-5-3-2-4-6-19/h2-11,13,16-17,22H,12,14-15,29H2,1H3,(H,31,32)(H,33,34). The van der Waals surface area contributed by atoms with Crippen LogP contribution < -0.4 is 25.3 Å². The quantitative estimate of drug-likeness (QED) is 0.275. The Labute approximate surface area is 213 Å². The van der Waals surface area contributed by atoms with Gasteiger partial charge in [0, 0.05) is 29.8 Å².